The third-order valence-electron chi connectivity index (χ3n) is 3.35. The molecule has 1 saturated heterocycles. The minimum absolute atomic E-state index is 0.299. The first-order chi connectivity index (χ1) is 8.72. The number of nitrogens with one attached hydrogen (secondary N) is 1. The highest BCUT2D eigenvalue weighted by Gasteiger charge is 2.27. The molecule has 4 heteroatoms. The fourth-order valence-electron chi connectivity index (χ4n) is 2.40. The molecule has 18 heavy (non-hydrogen) atoms. The van der Waals surface area contributed by atoms with Gasteiger partial charge in [0.05, 0.1) is 6.61 Å². The van der Waals surface area contributed by atoms with Crippen LogP contribution in [0.4, 0.5) is 0 Å². The highest BCUT2D eigenvalue weighted by Crippen LogP contribution is 2.34. The van der Waals surface area contributed by atoms with Crippen molar-refractivity contribution in [3.05, 3.63) is 33.3 Å². The summed E-state index contributed by atoms with van der Waals surface area (Å²) in [5.41, 5.74) is 1.18. The second-order valence-electron chi connectivity index (χ2n) is 4.72. The zero-order chi connectivity index (χ0) is 13.0. The SMILES string of the molecule is CCCNC(c1ccc(Br)cc1Cl)C1CCOC1. The van der Waals surface area contributed by atoms with E-state index in [4.69, 9.17) is 16.3 Å². The molecule has 0 spiro atoms. The quantitative estimate of drug-likeness (QED) is 0.873. The van der Waals surface area contributed by atoms with Crippen LogP contribution in [0, 0.1) is 5.92 Å². The van der Waals surface area contributed by atoms with Gasteiger partial charge >= 0.3 is 0 Å². The number of hydrogen-bond donors (Lipinski definition) is 1. The molecule has 0 aromatic heterocycles. The van der Waals surface area contributed by atoms with Crippen molar-refractivity contribution in [1.82, 2.24) is 5.32 Å². The summed E-state index contributed by atoms with van der Waals surface area (Å²) in [5, 5.41) is 4.43. The molecule has 0 aliphatic carbocycles. The molecule has 0 amide bonds. The third-order valence-corrected chi connectivity index (χ3v) is 4.17. The molecule has 1 aromatic rings. The molecule has 0 bridgehead atoms. The van der Waals surface area contributed by atoms with Crippen LogP contribution in [0.5, 0.6) is 0 Å². The van der Waals surface area contributed by atoms with E-state index in [-0.39, 0.29) is 0 Å². The van der Waals surface area contributed by atoms with Crippen molar-refractivity contribution in [2.75, 3.05) is 19.8 Å². The van der Waals surface area contributed by atoms with Crippen LogP contribution in [0.1, 0.15) is 31.4 Å². The summed E-state index contributed by atoms with van der Waals surface area (Å²) < 4.78 is 6.53. The molecule has 1 aliphatic rings. The fraction of sp³-hybridized carbons (Fsp3) is 0.571. The monoisotopic (exact) mass is 331 g/mol. The van der Waals surface area contributed by atoms with Crippen molar-refractivity contribution >= 4 is 27.5 Å². The summed E-state index contributed by atoms with van der Waals surface area (Å²) in [4.78, 5) is 0. The minimum atomic E-state index is 0.299. The van der Waals surface area contributed by atoms with Crippen molar-refractivity contribution in [3.8, 4) is 0 Å². The number of ether oxygens (including phenoxy) is 1. The molecule has 0 saturated carbocycles. The number of hydrogen-bond acceptors (Lipinski definition) is 2. The Hall–Kier alpha value is -0.0900. The van der Waals surface area contributed by atoms with E-state index in [2.05, 4.69) is 40.3 Å². The van der Waals surface area contributed by atoms with Crippen LogP contribution < -0.4 is 5.32 Å². The first kappa shape index (κ1) is 14.3. The van der Waals surface area contributed by atoms with Gasteiger partial charge in [-0.05, 0) is 37.1 Å². The number of rotatable bonds is 5. The summed E-state index contributed by atoms with van der Waals surface area (Å²) >= 11 is 9.82. The van der Waals surface area contributed by atoms with E-state index in [9.17, 15) is 0 Å². The Balaban J connectivity index is 2.20. The highest BCUT2D eigenvalue weighted by atomic mass is 79.9. The van der Waals surface area contributed by atoms with E-state index in [0.29, 0.717) is 12.0 Å². The van der Waals surface area contributed by atoms with Gasteiger partial charge in [-0.2, -0.15) is 0 Å². The Bertz CT molecular complexity index is 393. The van der Waals surface area contributed by atoms with Crippen LogP contribution in [-0.4, -0.2) is 19.8 Å². The molecule has 100 valence electrons. The maximum atomic E-state index is 6.37. The van der Waals surface area contributed by atoms with Gasteiger partial charge in [-0.15, -0.1) is 0 Å². The Morgan fingerprint density at radius 3 is 3.00 bits per heavy atom. The van der Waals surface area contributed by atoms with Gasteiger partial charge in [0.2, 0.25) is 0 Å². The smallest absolute Gasteiger partial charge is 0.0513 e. The molecule has 0 radical (unpaired) electrons. The van der Waals surface area contributed by atoms with Crippen LogP contribution >= 0.6 is 27.5 Å². The second kappa shape index (κ2) is 6.90. The van der Waals surface area contributed by atoms with E-state index < -0.39 is 0 Å². The van der Waals surface area contributed by atoms with Gasteiger partial charge in [-0.1, -0.05) is 40.5 Å². The zero-order valence-electron chi connectivity index (χ0n) is 10.6. The van der Waals surface area contributed by atoms with Gasteiger partial charge < -0.3 is 10.1 Å². The van der Waals surface area contributed by atoms with Crippen LogP contribution in [0.3, 0.4) is 0 Å². The Labute approximate surface area is 122 Å². The zero-order valence-corrected chi connectivity index (χ0v) is 12.9. The molecule has 1 N–H and O–H groups in total. The molecule has 1 fully saturated rings. The average Bonchev–Trinajstić information content (AvgIpc) is 2.85. The van der Waals surface area contributed by atoms with Crippen molar-refractivity contribution in [2.45, 2.75) is 25.8 Å². The standard InChI is InChI=1S/C14H19BrClNO/c1-2-6-17-14(10-5-7-18-9-10)12-4-3-11(15)8-13(12)16/h3-4,8,10,14,17H,2,5-7,9H2,1H3. The highest BCUT2D eigenvalue weighted by molar-refractivity contribution is 9.10. The summed E-state index contributed by atoms with van der Waals surface area (Å²) in [6.45, 7) is 4.88. The van der Waals surface area contributed by atoms with Gasteiger partial charge in [-0.3, -0.25) is 0 Å². The molecule has 1 aromatic carbocycles. The van der Waals surface area contributed by atoms with E-state index in [0.717, 1.165) is 42.1 Å². The van der Waals surface area contributed by atoms with Crippen molar-refractivity contribution in [3.63, 3.8) is 0 Å². The largest absolute Gasteiger partial charge is 0.381 e. The summed E-state index contributed by atoms with van der Waals surface area (Å²) in [5.74, 6) is 0.523. The maximum Gasteiger partial charge on any atom is 0.0513 e. The van der Waals surface area contributed by atoms with E-state index >= 15 is 0 Å². The van der Waals surface area contributed by atoms with E-state index in [1.165, 1.54) is 5.56 Å². The van der Waals surface area contributed by atoms with Crippen LogP contribution in [0.25, 0.3) is 0 Å². The first-order valence-corrected chi connectivity index (χ1v) is 7.65. The van der Waals surface area contributed by atoms with Gasteiger partial charge in [0.15, 0.2) is 0 Å². The number of halogens is 2. The average molecular weight is 333 g/mol. The van der Waals surface area contributed by atoms with Gasteiger partial charge in [0.25, 0.3) is 0 Å². The molecule has 2 nitrogen and oxygen atoms in total. The van der Waals surface area contributed by atoms with Crippen LogP contribution in [0.2, 0.25) is 5.02 Å². The molecule has 1 aliphatic heterocycles. The number of benzene rings is 1. The summed E-state index contributed by atoms with van der Waals surface area (Å²) in [7, 11) is 0. The van der Waals surface area contributed by atoms with Crippen molar-refractivity contribution in [1.29, 1.82) is 0 Å². The molecule has 2 rings (SSSR count). The van der Waals surface area contributed by atoms with E-state index in [1.54, 1.807) is 0 Å². The van der Waals surface area contributed by atoms with Gasteiger partial charge in [-0.25, -0.2) is 0 Å². The summed E-state index contributed by atoms with van der Waals surface area (Å²) in [6.07, 6.45) is 2.23. The lowest BCUT2D eigenvalue weighted by Crippen LogP contribution is -2.29. The Kier molecular flexibility index (Phi) is 5.49. The molecule has 2 atom stereocenters. The lowest BCUT2D eigenvalue weighted by atomic mass is 9.92. The lowest BCUT2D eigenvalue weighted by Gasteiger charge is -2.25. The first-order valence-electron chi connectivity index (χ1n) is 6.48. The lowest BCUT2D eigenvalue weighted by molar-refractivity contribution is 0.176. The second-order valence-corrected chi connectivity index (χ2v) is 6.04. The summed E-state index contributed by atoms with van der Waals surface area (Å²) in [6, 6.07) is 6.43. The van der Waals surface area contributed by atoms with Crippen molar-refractivity contribution in [2.24, 2.45) is 5.92 Å². The molecule has 1 heterocycles. The Morgan fingerprint density at radius 1 is 1.56 bits per heavy atom. The maximum absolute atomic E-state index is 6.37. The van der Waals surface area contributed by atoms with Gasteiger partial charge in [0, 0.05) is 28.1 Å². The predicted molar refractivity (Wildman–Crippen MR) is 79.1 cm³/mol. The molecule has 2 unspecified atom stereocenters. The van der Waals surface area contributed by atoms with Crippen LogP contribution in [-0.2, 0) is 4.74 Å². The van der Waals surface area contributed by atoms with Crippen LogP contribution in [0.15, 0.2) is 22.7 Å². The molecular weight excluding hydrogens is 314 g/mol. The Morgan fingerprint density at radius 2 is 2.39 bits per heavy atom. The fourth-order valence-corrected chi connectivity index (χ4v) is 3.19. The van der Waals surface area contributed by atoms with E-state index in [1.807, 2.05) is 6.07 Å². The molecular formula is C14H19BrClNO. The minimum Gasteiger partial charge on any atom is -0.381 e. The van der Waals surface area contributed by atoms with Crippen molar-refractivity contribution < 1.29 is 4.74 Å². The normalized spacial score (nSPS) is 21.2. The predicted octanol–water partition coefficient (Wildman–Crippen LogP) is 4.18. The van der Waals surface area contributed by atoms with Gasteiger partial charge in [0.1, 0.15) is 0 Å². The third kappa shape index (κ3) is 3.47. The topological polar surface area (TPSA) is 21.3 Å².